The Morgan fingerprint density at radius 3 is 1.81 bits per heavy atom. The third-order valence-electron chi connectivity index (χ3n) is 5.62. The maximum atomic E-state index is 13.2. The van der Waals surface area contributed by atoms with Crippen molar-refractivity contribution in [2.24, 2.45) is 5.73 Å². The Balaban J connectivity index is 1.65. The first-order valence-electron chi connectivity index (χ1n) is 11.8. The molecule has 4 amide bonds. The normalized spacial score (nSPS) is 12.1. The zero-order chi connectivity index (χ0) is 26.6. The predicted molar refractivity (Wildman–Crippen MR) is 138 cm³/mol. The van der Waals surface area contributed by atoms with Crippen LogP contribution in [-0.4, -0.2) is 47.4 Å². The molecule has 3 aromatic carbocycles. The van der Waals surface area contributed by atoms with E-state index in [0.717, 1.165) is 11.1 Å². The summed E-state index contributed by atoms with van der Waals surface area (Å²) in [6.45, 7) is -0.325. The topological polar surface area (TPSA) is 151 Å². The molecule has 6 N–H and O–H groups in total. The molecule has 0 aliphatic heterocycles. The Morgan fingerprint density at radius 2 is 1.22 bits per heavy atom. The summed E-state index contributed by atoms with van der Waals surface area (Å²) >= 11 is 0. The van der Waals surface area contributed by atoms with Gasteiger partial charge < -0.3 is 26.8 Å². The fraction of sp³-hybridized carbons (Fsp3) is 0.214. The van der Waals surface area contributed by atoms with Crippen molar-refractivity contribution < 1.29 is 24.3 Å². The van der Waals surface area contributed by atoms with Gasteiger partial charge in [0.15, 0.2) is 0 Å². The Labute approximate surface area is 215 Å². The number of nitrogens with two attached hydrogens (primary N) is 1. The van der Waals surface area contributed by atoms with Crippen molar-refractivity contribution in [3.05, 3.63) is 102 Å². The minimum atomic E-state index is -1.05. The summed E-state index contributed by atoms with van der Waals surface area (Å²) < 4.78 is 0. The molecule has 0 fully saturated rings. The van der Waals surface area contributed by atoms with Gasteiger partial charge in [0.25, 0.3) is 0 Å². The highest BCUT2D eigenvalue weighted by Gasteiger charge is 2.26. The number of aromatic hydroxyl groups is 1. The third kappa shape index (κ3) is 9.14. The van der Waals surface area contributed by atoms with Gasteiger partial charge >= 0.3 is 0 Å². The van der Waals surface area contributed by atoms with Crippen molar-refractivity contribution in [2.75, 3.05) is 6.54 Å². The van der Waals surface area contributed by atoms with Crippen LogP contribution in [0.5, 0.6) is 5.75 Å². The minimum Gasteiger partial charge on any atom is -0.508 e. The van der Waals surface area contributed by atoms with E-state index < -0.39 is 29.8 Å². The number of primary amides is 1. The van der Waals surface area contributed by atoms with Gasteiger partial charge in [0.2, 0.25) is 23.6 Å². The molecule has 2 atom stereocenters. The van der Waals surface area contributed by atoms with Crippen molar-refractivity contribution >= 4 is 23.6 Å². The van der Waals surface area contributed by atoms with E-state index in [0.29, 0.717) is 5.56 Å². The quantitative estimate of drug-likeness (QED) is 0.250. The summed E-state index contributed by atoms with van der Waals surface area (Å²) in [7, 11) is 0. The molecule has 0 heterocycles. The number of rotatable bonds is 12. The molecule has 0 unspecified atom stereocenters. The summed E-state index contributed by atoms with van der Waals surface area (Å²) in [6, 6.07) is 22.3. The number of carbonyl (C=O) groups is 4. The highest BCUT2D eigenvalue weighted by atomic mass is 16.3. The van der Waals surface area contributed by atoms with Gasteiger partial charge in [0.1, 0.15) is 17.8 Å². The molecule has 0 aromatic heterocycles. The lowest BCUT2D eigenvalue weighted by molar-refractivity contribution is -0.131. The van der Waals surface area contributed by atoms with E-state index >= 15 is 0 Å². The van der Waals surface area contributed by atoms with Gasteiger partial charge in [0.05, 0.1) is 13.0 Å². The fourth-order valence-corrected chi connectivity index (χ4v) is 3.69. The average Bonchev–Trinajstić information content (AvgIpc) is 2.89. The van der Waals surface area contributed by atoms with Crippen LogP contribution >= 0.6 is 0 Å². The predicted octanol–water partition coefficient (Wildman–Crippen LogP) is 0.991. The van der Waals surface area contributed by atoms with Crippen LogP contribution in [0.3, 0.4) is 0 Å². The molecule has 0 aliphatic rings. The summed E-state index contributed by atoms with van der Waals surface area (Å²) in [5.74, 6) is -2.15. The molecule has 9 heteroatoms. The van der Waals surface area contributed by atoms with Crippen LogP contribution in [-0.2, 0) is 38.4 Å². The zero-order valence-corrected chi connectivity index (χ0v) is 20.2. The second-order valence-electron chi connectivity index (χ2n) is 8.58. The number of nitrogens with one attached hydrogen (secondary N) is 3. The van der Waals surface area contributed by atoms with Crippen molar-refractivity contribution in [1.82, 2.24) is 16.0 Å². The Hall–Kier alpha value is -4.66. The lowest BCUT2D eigenvalue weighted by atomic mass is 10.0. The van der Waals surface area contributed by atoms with E-state index in [1.807, 2.05) is 60.7 Å². The molecular weight excluding hydrogens is 472 g/mol. The second-order valence-corrected chi connectivity index (χ2v) is 8.58. The molecule has 0 saturated carbocycles. The van der Waals surface area contributed by atoms with Gasteiger partial charge in [-0.25, -0.2) is 0 Å². The van der Waals surface area contributed by atoms with E-state index in [9.17, 15) is 24.3 Å². The number of hydrogen-bond donors (Lipinski definition) is 5. The maximum absolute atomic E-state index is 13.2. The fourth-order valence-electron chi connectivity index (χ4n) is 3.69. The second kappa shape index (κ2) is 13.4. The van der Waals surface area contributed by atoms with Gasteiger partial charge in [-0.2, -0.15) is 0 Å². The van der Waals surface area contributed by atoms with Crippen LogP contribution in [0.1, 0.15) is 16.7 Å². The van der Waals surface area contributed by atoms with Crippen molar-refractivity contribution in [2.45, 2.75) is 31.3 Å². The van der Waals surface area contributed by atoms with E-state index in [1.54, 1.807) is 12.1 Å². The monoisotopic (exact) mass is 502 g/mol. The highest BCUT2D eigenvalue weighted by molar-refractivity contribution is 5.93. The van der Waals surface area contributed by atoms with Crippen LogP contribution in [0.15, 0.2) is 84.9 Å². The number of carbonyl (C=O) groups excluding carboxylic acids is 4. The number of amides is 4. The van der Waals surface area contributed by atoms with Gasteiger partial charge in [-0.1, -0.05) is 72.8 Å². The molecule has 0 radical (unpaired) electrons. The summed E-state index contributed by atoms with van der Waals surface area (Å²) in [4.78, 5) is 50.1. The molecule has 192 valence electrons. The first-order chi connectivity index (χ1) is 17.8. The lowest BCUT2D eigenvalue weighted by Gasteiger charge is -2.22. The summed E-state index contributed by atoms with van der Waals surface area (Å²) in [5.41, 5.74) is 7.82. The third-order valence-corrected chi connectivity index (χ3v) is 5.62. The van der Waals surface area contributed by atoms with Gasteiger partial charge in [0, 0.05) is 12.8 Å². The summed E-state index contributed by atoms with van der Waals surface area (Å²) in [5, 5.41) is 17.4. The molecule has 3 aromatic rings. The highest BCUT2D eigenvalue weighted by Crippen LogP contribution is 2.12. The van der Waals surface area contributed by atoms with Crippen molar-refractivity contribution in [3.8, 4) is 5.75 Å². The van der Waals surface area contributed by atoms with Crippen molar-refractivity contribution in [3.63, 3.8) is 0 Å². The van der Waals surface area contributed by atoms with Crippen LogP contribution in [0.4, 0.5) is 0 Å². The molecule has 3 rings (SSSR count). The van der Waals surface area contributed by atoms with Crippen LogP contribution < -0.4 is 21.7 Å². The Morgan fingerprint density at radius 1 is 0.676 bits per heavy atom. The smallest absolute Gasteiger partial charge is 0.243 e. The van der Waals surface area contributed by atoms with Crippen LogP contribution in [0, 0.1) is 0 Å². The minimum absolute atomic E-state index is 0.0616. The van der Waals surface area contributed by atoms with E-state index in [1.165, 1.54) is 12.1 Å². The lowest BCUT2D eigenvalue weighted by Crippen LogP contribution is -2.55. The van der Waals surface area contributed by atoms with Crippen molar-refractivity contribution in [1.29, 1.82) is 0 Å². The van der Waals surface area contributed by atoms with Crippen LogP contribution in [0.2, 0.25) is 0 Å². The number of benzene rings is 3. The van der Waals surface area contributed by atoms with E-state index in [-0.39, 0.29) is 37.5 Å². The molecule has 0 bridgehead atoms. The standard InChI is InChI=1S/C28H30N4O5/c29-27(36)23(15-19-7-3-1-4-8-19)32-28(37)24(16-21-11-13-22(33)14-12-21)31-26(35)18-30-25(34)17-20-9-5-2-6-10-20/h1-14,23-24,33H,15-18H2,(H2,29,36)(H,30,34)(H,31,35)(H,32,37)/t23-,24-/m0/s1. The SMILES string of the molecule is NC(=O)[C@H](Cc1ccccc1)NC(=O)[C@H](Cc1ccc(O)cc1)NC(=O)CNC(=O)Cc1ccccc1. The maximum Gasteiger partial charge on any atom is 0.243 e. The number of phenols is 1. The number of hydrogen-bond acceptors (Lipinski definition) is 5. The van der Waals surface area contributed by atoms with Crippen LogP contribution in [0.25, 0.3) is 0 Å². The Bertz CT molecular complexity index is 1200. The number of phenolic OH excluding ortho intramolecular Hbond substituents is 1. The molecular formula is C28H30N4O5. The Kier molecular flexibility index (Phi) is 9.78. The van der Waals surface area contributed by atoms with E-state index in [4.69, 9.17) is 5.73 Å². The molecule has 0 spiro atoms. The van der Waals surface area contributed by atoms with Gasteiger partial charge in [-0.05, 0) is 28.8 Å². The molecule has 37 heavy (non-hydrogen) atoms. The molecule has 0 aliphatic carbocycles. The van der Waals surface area contributed by atoms with Gasteiger partial charge in [-0.15, -0.1) is 0 Å². The molecule has 0 saturated heterocycles. The molecule has 9 nitrogen and oxygen atoms in total. The largest absolute Gasteiger partial charge is 0.508 e. The van der Waals surface area contributed by atoms with E-state index in [2.05, 4.69) is 16.0 Å². The zero-order valence-electron chi connectivity index (χ0n) is 20.2. The first-order valence-corrected chi connectivity index (χ1v) is 11.8. The average molecular weight is 503 g/mol. The summed E-state index contributed by atoms with van der Waals surface area (Å²) in [6.07, 6.45) is 0.398. The van der Waals surface area contributed by atoms with Gasteiger partial charge in [-0.3, -0.25) is 19.2 Å². The first kappa shape index (κ1) is 26.9.